The van der Waals surface area contributed by atoms with Crippen LogP contribution in [0.3, 0.4) is 0 Å². The summed E-state index contributed by atoms with van der Waals surface area (Å²) in [5, 5.41) is 0. The Balaban J connectivity index is 0. The van der Waals surface area contributed by atoms with Gasteiger partial charge in [-0.3, -0.25) is 0 Å². The Hall–Kier alpha value is 0.730. The maximum Gasteiger partial charge on any atom is -0.00332 e. The van der Waals surface area contributed by atoms with E-state index in [9.17, 15) is 0 Å². The molecule has 0 atom stereocenters. The van der Waals surface area contributed by atoms with Gasteiger partial charge in [0.2, 0.25) is 0 Å². The summed E-state index contributed by atoms with van der Waals surface area (Å²) in [5.41, 5.74) is 0. The second kappa shape index (κ2) is 22.0. The summed E-state index contributed by atoms with van der Waals surface area (Å²) >= 11 is 2.29. The van der Waals surface area contributed by atoms with Crippen LogP contribution in [0.5, 0.6) is 0 Å². The van der Waals surface area contributed by atoms with E-state index in [1.165, 1.54) is 4.43 Å². The van der Waals surface area contributed by atoms with Crippen molar-refractivity contribution in [2.45, 2.75) is 20.8 Å². The summed E-state index contributed by atoms with van der Waals surface area (Å²) in [6, 6.07) is 0. The molecule has 34 valence electrons. The molecule has 0 unspecified atom stereocenters. The summed E-state index contributed by atoms with van der Waals surface area (Å²) < 4.78 is 1.22. The van der Waals surface area contributed by atoms with Gasteiger partial charge in [0.25, 0.3) is 0 Å². The zero-order chi connectivity index (χ0) is 4.71. The molecule has 0 fully saturated rings. The van der Waals surface area contributed by atoms with Crippen molar-refractivity contribution in [1.29, 1.82) is 0 Å². The van der Waals surface area contributed by atoms with Gasteiger partial charge in [-0.25, -0.2) is 0 Å². The highest BCUT2D eigenvalue weighted by atomic mass is 127. The van der Waals surface area contributed by atoms with E-state index in [1.54, 1.807) is 0 Å². The molecule has 0 amide bonds. The standard InChI is InChI=1S/C2H5I.C2H6/c1-2-3;1-2/h2H2,1H3;1-2H3. The molecule has 0 radical (unpaired) electrons. The lowest BCUT2D eigenvalue weighted by Crippen LogP contribution is -1.33. The average molecular weight is 186 g/mol. The minimum absolute atomic E-state index is 1.22. The van der Waals surface area contributed by atoms with Crippen LogP contribution in [0.4, 0.5) is 0 Å². The highest BCUT2D eigenvalue weighted by Crippen LogP contribution is 1.69. The highest BCUT2D eigenvalue weighted by molar-refractivity contribution is 14.1. The van der Waals surface area contributed by atoms with Crippen LogP contribution in [0.2, 0.25) is 0 Å². The Morgan fingerprint density at radius 2 is 1.40 bits per heavy atom. The lowest BCUT2D eigenvalue weighted by molar-refractivity contribution is 1.50. The molecule has 0 N–H and O–H groups in total. The van der Waals surface area contributed by atoms with Gasteiger partial charge < -0.3 is 0 Å². The molecule has 0 aliphatic rings. The largest absolute Gasteiger partial charge is 0.0867 e. The number of hydrogen-bond donors (Lipinski definition) is 0. The van der Waals surface area contributed by atoms with E-state index in [0.29, 0.717) is 0 Å². The van der Waals surface area contributed by atoms with E-state index < -0.39 is 0 Å². The molecule has 0 nitrogen and oxygen atoms in total. The normalized spacial score (nSPS) is 4.80. The molecule has 0 aromatic carbocycles. The molecule has 0 heterocycles. The first-order valence-corrected chi connectivity index (χ1v) is 3.50. The lowest BCUT2D eigenvalue weighted by atomic mass is 11.0. The van der Waals surface area contributed by atoms with Crippen molar-refractivity contribution in [2.75, 3.05) is 4.43 Å². The first kappa shape index (κ1) is 9.21. The van der Waals surface area contributed by atoms with Crippen LogP contribution in [0.25, 0.3) is 0 Å². The molecular formula is C4H11I. The van der Waals surface area contributed by atoms with E-state index in [2.05, 4.69) is 29.5 Å². The number of alkyl halides is 1. The van der Waals surface area contributed by atoms with E-state index in [-0.39, 0.29) is 0 Å². The van der Waals surface area contributed by atoms with Gasteiger partial charge in [0.15, 0.2) is 0 Å². The maximum atomic E-state index is 2.29. The summed E-state index contributed by atoms with van der Waals surface area (Å²) in [6.45, 7) is 6.11. The van der Waals surface area contributed by atoms with Crippen molar-refractivity contribution in [2.24, 2.45) is 0 Å². The van der Waals surface area contributed by atoms with Crippen LogP contribution in [-0.4, -0.2) is 4.43 Å². The lowest BCUT2D eigenvalue weighted by Gasteiger charge is -1.45. The monoisotopic (exact) mass is 186 g/mol. The summed E-state index contributed by atoms with van der Waals surface area (Å²) in [7, 11) is 0. The van der Waals surface area contributed by atoms with Crippen LogP contribution >= 0.6 is 22.6 Å². The molecule has 0 rings (SSSR count). The SMILES string of the molecule is CC.CCI. The molecule has 0 spiro atoms. The van der Waals surface area contributed by atoms with Gasteiger partial charge in [0.1, 0.15) is 0 Å². The predicted molar refractivity (Wildman–Crippen MR) is 35.9 cm³/mol. The van der Waals surface area contributed by atoms with Crippen molar-refractivity contribution in [3.8, 4) is 0 Å². The highest BCUT2D eigenvalue weighted by Gasteiger charge is 1.38. The minimum atomic E-state index is 1.22. The second-order valence-corrected chi connectivity index (χ2v) is 1.79. The molecule has 0 saturated carbocycles. The molecule has 5 heavy (non-hydrogen) atoms. The van der Waals surface area contributed by atoms with E-state index in [4.69, 9.17) is 0 Å². The fourth-order valence-electron chi connectivity index (χ4n) is 0. The number of rotatable bonds is 0. The van der Waals surface area contributed by atoms with Crippen molar-refractivity contribution < 1.29 is 0 Å². The van der Waals surface area contributed by atoms with E-state index in [0.717, 1.165) is 0 Å². The fraction of sp³-hybridized carbons (Fsp3) is 1.00. The third kappa shape index (κ3) is 66.2. The number of halogens is 1. The Morgan fingerprint density at radius 3 is 1.40 bits per heavy atom. The smallest absolute Gasteiger partial charge is 0.00332 e. The third-order valence-corrected chi connectivity index (χ3v) is 0. The van der Waals surface area contributed by atoms with Gasteiger partial charge in [0.05, 0.1) is 0 Å². The zero-order valence-corrected chi connectivity index (χ0v) is 6.24. The van der Waals surface area contributed by atoms with Gasteiger partial charge in [-0.2, -0.15) is 0 Å². The van der Waals surface area contributed by atoms with Crippen molar-refractivity contribution in [1.82, 2.24) is 0 Å². The van der Waals surface area contributed by atoms with Gasteiger partial charge in [0, 0.05) is 0 Å². The number of hydrogen-bond acceptors (Lipinski definition) is 0. The molecule has 0 bridgehead atoms. The maximum absolute atomic E-state index is 2.29. The predicted octanol–water partition coefficient (Wildman–Crippen LogP) is 2.47. The van der Waals surface area contributed by atoms with Crippen LogP contribution in [0.15, 0.2) is 0 Å². The van der Waals surface area contributed by atoms with Crippen LogP contribution < -0.4 is 0 Å². The van der Waals surface area contributed by atoms with Gasteiger partial charge in [-0.05, 0) is 4.43 Å². The first-order valence-electron chi connectivity index (χ1n) is 1.97. The molecule has 0 aliphatic heterocycles. The van der Waals surface area contributed by atoms with Crippen LogP contribution in [0, 0.1) is 0 Å². The third-order valence-electron chi connectivity index (χ3n) is 0. The van der Waals surface area contributed by atoms with Crippen LogP contribution in [0.1, 0.15) is 20.8 Å². The molecular weight excluding hydrogens is 175 g/mol. The second-order valence-electron chi connectivity index (χ2n) is 0.267. The molecule has 0 aromatic heterocycles. The zero-order valence-electron chi connectivity index (χ0n) is 4.09. The van der Waals surface area contributed by atoms with Crippen molar-refractivity contribution >= 4 is 22.6 Å². The van der Waals surface area contributed by atoms with Crippen molar-refractivity contribution in [3.05, 3.63) is 0 Å². The van der Waals surface area contributed by atoms with E-state index in [1.807, 2.05) is 13.8 Å². The Labute approximate surface area is 48.1 Å². The summed E-state index contributed by atoms with van der Waals surface area (Å²) in [4.78, 5) is 0. The van der Waals surface area contributed by atoms with Crippen molar-refractivity contribution in [3.63, 3.8) is 0 Å². The first-order chi connectivity index (χ1) is 2.41. The fourth-order valence-corrected chi connectivity index (χ4v) is 0. The van der Waals surface area contributed by atoms with E-state index >= 15 is 0 Å². The molecule has 0 aliphatic carbocycles. The van der Waals surface area contributed by atoms with Crippen LogP contribution in [-0.2, 0) is 0 Å². The molecule has 1 heteroatoms. The quantitative estimate of drug-likeness (QED) is 0.402. The van der Waals surface area contributed by atoms with Gasteiger partial charge >= 0.3 is 0 Å². The Bertz CT molecular complexity index is 3.61. The minimum Gasteiger partial charge on any atom is -0.0867 e. The summed E-state index contributed by atoms with van der Waals surface area (Å²) in [6.07, 6.45) is 0. The van der Waals surface area contributed by atoms with Gasteiger partial charge in [-0.1, -0.05) is 43.4 Å². The summed E-state index contributed by atoms with van der Waals surface area (Å²) in [5.74, 6) is 0. The Kier molecular flexibility index (Phi) is 40.5. The molecule has 0 aromatic rings. The topological polar surface area (TPSA) is 0 Å². The average Bonchev–Trinajstić information content (AvgIpc) is 1.46. The van der Waals surface area contributed by atoms with Gasteiger partial charge in [-0.15, -0.1) is 0 Å². The Morgan fingerprint density at radius 1 is 1.40 bits per heavy atom. The molecule has 0 saturated heterocycles.